The van der Waals surface area contributed by atoms with Crippen LogP contribution in [0.1, 0.15) is 5.56 Å². The van der Waals surface area contributed by atoms with Crippen molar-refractivity contribution in [3.8, 4) is 0 Å². The van der Waals surface area contributed by atoms with E-state index in [2.05, 4.69) is 10.6 Å². The molecule has 2 N–H and O–H groups in total. The number of likely N-dealkylation sites (N-methyl/N-ethyl adjacent to an activating group) is 1. The minimum atomic E-state index is -0.449. The van der Waals surface area contributed by atoms with E-state index in [4.69, 9.17) is 34.8 Å². The standard InChI is InChI=1S/C17H16Cl3N3O2/c1-10-3-4-11(7-14(10)19)21-16(24)9-23(2)17(25)22-12-5-6-13(18)15(20)8-12/h3-8H,9H2,1-2H3,(H,21,24)(H,22,25). The van der Waals surface area contributed by atoms with E-state index in [0.29, 0.717) is 26.4 Å². The number of carbonyl (C=O) groups is 2. The topological polar surface area (TPSA) is 61.4 Å². The van der Waals surface area contributed by atoms with E-state index in [1.54, 1.807) is 30.3 Å². The molecule has 2 rings (SSSR count). The van der Waals surface area contributed by atoms with Gasteiger partial charge in [-0.1, -0.05) is 40.9 Å². The lowest BCUT2D eigenvalue weighted by Gasteiger charge is -2.18. The maximum Gasteiger partial charge on any atom is 0.322 e. The first-order chi connectivity index (χ1) is 11.8. The van der Waals surface area contributed by atoms with Crippen LogP contribution in [0.15, 0.2) is 36.4 Å². The Kier molecular flexibility index (Phi) is 6.53. The van der Waals surface area contributed by atoms with Gasteiger partial charge in [-0.2, -0.15) is 0 Å². The summed E-state index contributed by atoms with van der Waals surface area (Å²) in [6.45, 7) is 1.74. The Morgan fingerprint density at radius 3 is 2.16 bits per heavy atom. The highest BCUT2D eigenvalue weighted by Gasteiger charge is 2.14. The molecule has 8 heteroatoms. The summed E-state index contributed by atoms with van der Waals surface area (Å²) < 4.78 is 0. The third-order valence-corrected chi connectivity index (χ3v) is 4.50. The third-order valence-electron chi connectivity index (χ3n) is 3.35. The van der Waals surface area contributed by atoms with E-state index in [0.717, 1.165) is 5.56 Å². The van der Waals surface area contributed by atoms with Crippen LogP contribution >= 0.6 is 34.8 Å². The Hall–Kier alpha value is -1.95. The summed E-state index contributed by atoms with van der Waals surface area (Å²) in [6.07, 6.45) is 0. The summed E-state index contributed by atoms with van der Waals surface area (Å²) in [5, 5.41) is 6.61. The second kappa shape index (κ2) is 8.43. The van der Waals surface area contributed by atoms with Crippen molar-refractivity contribution in [2.24, 2.45) is 0 Å². The first-order valence-electron chi connectivity index (χ1n) is 7.29. The van der Waals surface area contributed by atoms with Crippen LogP contribution in [0.4, 0.5) is 16.2 Å². The molecule has 2 aromatic rings. The Balaban J connectivity index is 1.92. The molecule has 0 bridgehead atoms. The Labute approximate surface area is 160 Å². The quantitative estimate of drug-likeness (QED) is 0.753. The molecule has 0 atom stereocenters. The van der Waals surface area contributed by atoms with Gasteiger partial charge in [-0.25, -0.2) is 4.79 Å². The lowest BCUT2D eigenvalue weighted by molar-refractivity contribution is -0.116. The molecule has 3 amide bonds. The molecule has 0 aliphatic heterocycles. The molecule has 0 saturated carbocycles. The van der Waals surface area contributed by atoms with Gasteiger partial charge in [-0.3, -0.25) is 4.79 Å². The Bertz CT molecular complexity index is 812. The van der Waals surface area contributed by atoms with Crippen molar-refractivity contribution in [3.05, 3.63) is 57.0 Å². The van der Waals surface area contributed by atoms with E-state index in [1.165, 1.54) is 18.0 Å². The van der Waals surface area contributed by atoms with Gasteiger partial charge in [0, 0.05) is 23.4 Å². The van der Waals surface area contributed by atoms with Gasteiger partial charge >= 0.3 is 6.03 Å². The average Bonchev–Trinajstić information content (AvgIpc) is 2.54. The number of aryl methyl sites for hydroxylation is 1. The number of anilines is 2. The molecule has 0 aliphatic carbocycles. The minimum Gasteiger partial charge on any atom is -0.324 e. The summed E-state index contributed by atoms with van der Waals surface area (Å²) >= 11 is 17.8. The smallest absolute Gasteiger partial charge is 0.322 e. The first kappa shape index (κ1) is 19.4. The van der Waals surface area contributed by atoms with E-state index in [1.807, 2.05) is 6.92 Å². The summed E-state index contributed by atoms with van der Waals surface area (Å²) in [4.78, 5) is 25.4. The minimum absolute atomic E-state index is 0.126. The summed E-state index contributed by atoms with van der Waals surface area (Å²) in [5.74, 6) is -0.341. The highest BCUT2D eigenvalue weighted by Crippen LogP contribution is 2.25. The van der Waals surface area contributed by atoms with Crippen molar-refractivity contribution in [1.29, 1.82) is 0 Å². The highest BCUT2D eigenvalue weighted by atomic mass is 35.5. The molecule has 132 valence electrons. The van der Waals surface area contributed by atoms with Crippen molar-refractivity contribution in [1.82, 2.24) is 4.90 Å². The SMILES string of the molecule is Cc1ccc(NC(=O)CN(C)C(=O)Nc2ccc(Cl)c(Cl)c2)cc1Cl. The molecule has 0 aliphatic rings. The zero-order chi connectivity index (χ0) is 18.6. The summed E-state index contributed by atoms with van der Waals surface area (Å²) in [6, 6.07) is 9.49. The number of carbonyl (C=O) groups excluding carboxylic acids is 2. The second-order valence-corrected chi connectivity index (χ2v) is 6.65. The van der Waals surface area contributed by atoms with Crippen LogP contribution in [0, 0.1) is 6.92 Å². The molecule has 0 radical (unpaired) electrons. The van der Waals surface area contributed by atoms with Gasteiger partial charge in [-0.05, 0) is 42.8 Å². The fourth-order valence-electron chi connectivity index (χ4n) is 1.95. The van der Waals surface area contributed by atoms with Crippen LogP contribution in [0.2, 0.25) is 15.1 Å². The van der Waals surface area contributed by atoms with Crippen LogP contribution in [0.25, 0.3) is 0 Å². The zero-order valence-electron chi connectivity index (χ0n) is 13.6. The maximum atomic E-state index is 12.1. The molecule has 5 nitrogen and oxygen atoms in total. The van der Waals surface area contributed by atoms with Crippen molar-refractivity contribution in [2.45, 2.75) is 6.92 Å². The van der Waals surface area contributed by atoms with E-state index < -0.39 is 6.03 Å². The number of nitrogens with zero attached hydrogens (tertiary/aromatic N) is 1. The summed E-state index contributed by atoms with van der Waals surface area (Å²) in [5.41, 5.74) is 1.97. The normalized spacial score (nSPS) is 10.3. The molecule has 25 heavy (non-hydrogen) atoms. The molecular weight excluding hydrogens is 385 g/mol. The fourth-order valence-corrected chi connectivity index (χ4v) is 2.43. The lowest BCUT2D eigenvalue weighted by atomic mass is 10.2. The average molecular weight is 401 g/mol. The molecule has 2 aromatic carbocycles. The molecule has 0 fully saturated rings. The number of hydrogen-bond acceptors (Lipinski definition) is 2. The van der Waals surface area contributed by atoms with Gasteiger partial charge in [-0.15, -0.1) is 0 Å². The lowest BCUT2D eigenvalue weighted by Crippen LogP contribution is -2.37. The van der Waals surface area contributed by atoms with E-state index >= 15 is 0 Å². The third kappa shape index (κ3) is 5.53. The summed E-state index contributed by atoms with van der Waals surface area (Å²) in [7, 11) is 1.51. The Morgan fingerprint density at radius 2 is 1.52 bits per heavy atom. The zero-order valence-corrected chi connectivity index (χ0v) is 15.8. The number of nitrogens with one attached hydrogen (secondary N) is 2. The van der Waals surface area contributed by atoms with Crippen molar-refractivity contribution in [2.75, 3.05) is 24.2 Å². The highest BCUT2D eigenvalue weighted by molar-refractivity contribution is 6.42. The van der Waals surface area contributed by atoms with Crippen molar-refractivity contribution < 1.29 is 9.59 Å². The fraction of sp³-hybridized carbons (Fsp3) is 0.176. The number of benzene rings is 2. The predicted molar refractivity (Wildman–Crippen MR) is 103 cm³/mol. The Morgan fingerprint density at radius 1 is 0.920 bits per heavy atom. The number of rotatable bonds is 4. The van der Waals surface area contributed by atoms with Crippen molar-refractivity contribution in [3.63, 3.8) is 0 Å². The molecule has 0 aromatic heterocycles. The van der Waals surface area contributed by atoms with Crippen LogP contribution in [0.5, 0.6) is 0 Å². The van der Waals surface area contributed by atoms with Crippen LogP contribution in [-0.4, -0.2) is 30.4 Å². The largest absolute Gasteiger partial charge is 0.324 e. The molecule has 0 heterocycles. The number of hydrogen-bond donors (Lipinski definition) is 2. The molecule has 0 saturated heterocycles. The van der Waals surface area contributed by atoms with Gasteiger partial charge in [0.05, 0.1) is 10.0 Å². The number of halogens is 3. The van der Waals surface area contributed by atoms with Gasteiger partial charge in [0.2, 0.25) is 5.91 Å². The number of urea groups is 1. The molecular formula is C17H16Cl3N3O2. The molecule has 0 spiro atoms. The van der Waals surface area contributed by atoms with E-state index in [-0.39, 0.29) is 12.5 Å². The van der Waals surface area contributed by atoms with Gasteiger partial charge in [0.25, 0.3) is 0 Å². The maximum absolute atomic E-state index is 12.1. The van der Waals surface area contributed by atoms with Gasteiger partial charge in [0.1, 0.15) is 6.54 Å². The van der Waals surface area contributed by atoms with Crippen LogP contribution in [-0.2, 0) is 4.79 Å². The van der Waals surface area contributed by atoms with Gasteiger partial charge in [0.15, 0.2) is 0 Å². The van der Waals surface area contributed by atoms with Crippen LogP contribution < -0.4 is 10.6 Å². The first-order valence-corrected chi connectivity index (χ1v) is 8.43. The van der Waals surface area contributed by atoms with Crippen molar-refractivity contribution >= 4 is 58.1 Å². The second-order valence-electron chi connectivity index (χ2n) is 5.43. The number of amides is 3. The molecule has 0 unspecified atom stereocenters. The van der Waals surface area contributed by atoms with Gasteiger partial charge < -0.3 is 15.5 Å². The van der Waals surface area contributed by atoms with E-state index in [9.17, 15) is 9.59 Å². The predicted octanol–water partition coefficient (Wildman–Crippen LogP) is 5.06. The monoisotopic (exact) mass is 399 g/mol. The van der Waals surface area contributed by atoms with Crippen LogP contribution in [0.3, 0.4) is 0 Å².